The Kier molecular flexibility index (Phi) is 7.37. The van der Waals surface area contributed by atoms with E-state index in [1.165, 1.54) is 11.3 Å². The average Bonchev–Trinajstić information content (AvgIpc) is 3.20. The van der Waals surface area contributed by atoms with Crippen molar-refractivity contribution in [3.63, 3.8) is 0 Å². The molecular formula is C22H19N7S. The molecule has 148 valence electrons. The van der Waals surface area contributed by atoms with Crippen LogP contribution in [0.2, 0.25) is 0 Å². The lowest BCUT2D eigenvalue weighted by molar-refractivity contribution is 0.827. The largest absolute Gasteiger partial charge is 0.371 e. The van der Waals surface area contributed by atoms with Gasteiger partial charge in [0.25, 0.3) is 0 Å². The van der Waals surface area contributed by atoms with Crippen LogP contribution in [0.15, 0.2) is 81.1 Å². The highest BCUT2D eigenvalue weighted by atomic mass is 32.1. The molecule has 0 N–H and O–H groups in total. The van der Waals surface area contributed by atoms with Gasteiger partial charge in [-0.15, -0.1) is 20.5 Å². The number of hydrogen-bond acceptors (Lipinski definition) is 8. The first-order chi connectivity index (χ1) is 14.7. The Morgan fingerprint density at radius 1 is 0.900 bits per heavy atom. The first-order valence-corrected chi connectivity index (χ1v) is 10.2. The number of benzene rings is 2. The van der Waals surface area contributed by atoms with E-state index in [4.69, 9.17) is 5.26 Å². The van der Waals surface area contributed by atoms with Crippen LogP contribution in [0.5, 0.6) is 0 Å². The van der Waals surface area contributed by atoms with Crippen LogP contribution in [0.4, 0.5) is 27.1 Å². The van der Waals surface area contributed by atoms with Crippen LogP contribution >= 0.6 is 11.3 Å². The zero-order chi connectivity index (χ0) is 21.2. The summed E-state index contributed by atoms with van der Waals surface area (Å²) >= 11 is 1.26. The zero-order valence-electron chi connectivity index (χ0n) is 16.4. The first kappa shape index (κ1) is 20.8. The molecule has 30 heavy (non-hydrogen) atoms. The smallest absolute Gasteiger partial charge is 0.158 e. The van der Waals surface area contributed by atoms with Gasteiger partial charge in [0.2, 0.25) is 0 Å². The van der Waals surface area contributed by atoms with E-state index >= 15 is 0 Å². The van der Waals surface area contributed by atoms with Gasteiger partial charge in [-0.1, -0.05) is 29.5 Å². The molecule has 1 heterocycles. The third-order valence-corrected chi connectivity index (χ3v) is 5.09. The van der Waals surface area contributed by atoms with Crippen molar-refractivity contribution in [2.24, 2.45) is 20.5 Å². The monoisotopic (exact) mass is 413 g/mol. The van der Waals surface area contributed by atoms with E-state index in [1.807, 2.05) is 54.6 Å². The summed E-state index contributed by atoms with van der Waals surface area (Å²) < 4.78 is 0. The summed E-state index contributed by atoms with van der Waals surface area (Å²) in [6.07, 6.45) is 0.481. The number of rotatable bonds is 8. The maximum atomic E-state index is 9.36. The second-order valence-electron chi connectivity index (χ2n) is 6.15. The molecule has 8 heteroatoms. The lowest BCUT2D eigenvalue weighted by atomic mass is 10.2. The molecule has 0 radical (unpaired) electrons. The highest BCUT2D eigenvalue weighted by Crippen LogP contribution is 2.37. The molecule has 0 amide bonds. The van der Waals surface area contributed by atoms with Crippen LogP contribution in [0.1, 0.15) is 18.9 Å². The van der Waals surface area contributed by atoms with Crippen LogP contribution in [-0.4, -0.2) is 13.1 Å². The molecule has 0 aliphatic rings. The quantitative estimate of drug-likeness (QED) is 0.365. The molecule has 0 saturated heterocycles. The molecule has 0 saturated carbocycles. The third kappa shape index (κ3) is 5.57. The Bertz CT molecular complexity index is 1100. The van der Waals surface area contributed by atoms with E-state index in [-0.39, 0.29) is 0 Å². The van der Waals surface area contributed by atoms with Gasteiger partial charge in [0, 0.05) is 18.8 Å². The first-order valence-electron chi connectivity index (χ1n) is 9.38. The van der Waals surface area contributed by atoms with Crippen molar-refractivity contribution in [3.05, 3.63) is 66.2 Å². The molecule has 3 aromatic rings. The van der Waals surface area contributed by atoms with Gasteiger partial charge < -0.3 is 4.90 Å². The van der Waals surface area contributed by atoms with Crippen LogP contribution in [0, 0.1) is 22.7 Å². The SMILES string of the molecule is CCN(CCC#N)c1ccc(N=Nc2sc(N=Nc3ccccc3)cc2C#N)cc1. The van der Waals surface area contributed by atoms with Crippen molar-refractivity contribution in [1.82, 2.24) is 0 Å². The van der Waals surface area contributed by atoms with E-state index in [0.717, 1.165) is 17.9 Å². The van der Waals surface area contributed by atoms with Gasteiger partial charge >= 0.3 is 0 Å². The van der Waals surface area contributed by atoms with Gasteiger partial charge in [-0.2, -0.15) is 10.5 Å². The summed E-state index contributed by atoms with van der Waals surface area (Å²) in [6.45, 7) is 3.57. The molecule has 2 aromatic carbocycles. The summed E-state index contributed by atoms with van der Waals surface area (Å²) in [5.41, 5.74) is 2.86. The maximum Gasteiger partial charge on any atom is 0.158 e. The van der Waals surface area contributed by atoms with E-state index in [2.05, 4.69) is 44.4 Å². The number of hydrogen-bond donors (Lipinski definition) is 0. The normalized spacial score (nSPS) is 10.9. The van der Waals surface area contributed by atoms with Crippen molar-refractivity contribution < 1.29 is 0 Å². The van der Waals surface area contributed by atoms with Gasteiger partial charge in [0.05, 0.1) is 29.4 Å². The van der Waals surface area contributed by atoms with E-state index in [9.17, 15) is 5.26 Å². The van der Waals surface area contributed by atoms with Crippen LogP contribution in [0.3, 0.4) is 0 Å². The standard InChI is InChI=1S/C22H19N7S/c1-2-29(14-6-13-23)20-11-9-19(10-12-20)26-28-22-17(16-24)15-21(30-22)27-25-18-7-4-3-5-8-18/h3-5,7-12,15H,2,6,14H2,1H3. The minimum atomic E-state index is 0.413. The Morgan fingerprint density at radius 3 is 2.27 bits per heavy atom. The Labute approximate surface area is 179 Å². The Hall–Kier alpha value is -3.88. The predicted octanol–water partition coefficient (Wildman–Crippen LogP) is 7.19. The maximum absolute atomic E-state index is 9.36. The fourth-order valence-electron chi connectivity index (χ4n) is 2.66. The topological polar surface area (TPSA) is 100 Å². The number of anilines is 1. The lowest BCUT2D eigenvalue weighted by Gasteiger charge is -2.21. The molecule has 0 atom stereocenters. The molecule has 7 nitrogen and oxygen atoms in total. The highest BCUT2D eigenvalue weighted by molar-refractivity contribution is 7.19. The van der Waals surface area contributed by atoms with Gasteiger partial charge in [0.1, 0.15) is 11.1 Å². The molecule has 0 aliphatic carbocycles. The minimum Gasteiger partial charge on any atom is -0.371 e. The van der Waals surface area contributed by atoms with Crippen molar-refractivity contribution in [3.8, 4) is 12.1 Å². The summed E-state index contributed by atoms with van der Waals surface area (Å²) in [5.74, 6) is 0. The van der Waals surface area contributed by atoms with Crippen molar-refractivity contribution in [1.29, 1.82) is 10.5 Å². The predicted molar refractivity (Wildman–Crippen MR) is 118 cm³/mol. The molecule has 0 fully saturated rings. The van der Waals surface area contributed by atoms with Gasteiger partial charge in [-0.25, -0.2) is 0 Å². The number of nitriles is 2. The molecule has 0 unspecified atom stereocenters. The minimum absolute atomic E-state index is 0.413. The molecular weight excluding hydrogens is 394 g/mol. The Morgan fingerprint density at radius 2 is 1.60 bits per heavy atom. The van der Waals surface area contributed by atoms with Crippen LogP contribution < -0.4 is 4.90 Å². The van der Waals surface area contributed by atoms with E-state index in [1.54, 1.807) is 6.07 Å². The second kappa shape index (κ2) is 10.6. The Balaban J connectivity index is 1.72. The number of azo groups is 2. The third-order valence-electron chi connectivity index (χ3n) is 4.19. The van der Waals surface area contributed by atoms with E-state index in [0.29, 0.717) is 34.2 Å². The molecule has 1 aromatic heterocycles. The molecule has 0 aliphatic heterocycles. The molecule has 0 spiro atoms. The van der Waals surface area contributed by atoms with Crippen molar-refractivity contribution in [2.75, 3.05) is 18.0 Å². The van der Waals surface area contributed by atoms with Crippen LogP contribution in [-0.2, 0) is 0 Å². The average molecular weight is 414 g/mol. The molecule has 3 rings (SSSR count). The van der Waals surface area contributed by atoms with Gasteiger partial charge in [0.15, 0.2) is 5.00 Å². The summed E-state index contributed by atoms with van der Waals surface area (Å²) in [5, 5.41) is 36.1. The fraction of sp³-hybridized carbons (Fsp3) is 0.182. The summed E-state index contributed by atoms with van der Waals surface area (Å²) in [4.78, 5) is 2.13. The van der Waals surface area contributed by atoms with Gasteiger partial charge in [-0.05, 0) is 49.4 Å². The number of nitrogens with zero attached hydrogens (tertiary/aromatic N) is 7. The van der Waals surface area contributed by atoms with Crippen molar-refractivity contribution in [2.45, 2.75) is 13.3 Å². The van der Waals surface area contributed by atoms with Crippen LogP contribution in [0.25, 0.3) is 0 Å². The molecule has 0 bridgehead atoms. The summed E-state index contributed by atoms with van der Waals surface area (Å²) in [6, 6.07) is 23.0. The number of thiophene rings is 1. The summed E-state index contributed by atoms with van der Waals surface area (Å²) in [7, 11) is 0. The highest BCUT2D eigenvalue weighted by Gasteiger charge is 2.09. The fourth-order valence-corrected chi connectivity index (χ4v) is 3.41. The lowest BCUT2D eigenvalue weighted by Crippen LogP contribution is -2.23. The van der Waals surface area contributed by atoms with Crippen molar-refractivity contribution >= 4 is 38.4 Å². The van der Waals surface area contributed by atoms with E-state index < -0.39 is 0 Å². The second-order valence-corrected chi connectivity index (χ2v) is 7.16. The zero-order valence-corrected chi connectivity index (χ0v) is 17.3. The van der Waals surface area contributed by atoms with Gasteiger partial charge in [-0.3, -0.25) is 0 Å².